The Morgan fingerprint density at radius 2 is 2.11 bits per heavy atom. The number of nitrogens with two attached hydrogens (primary N) is 1. The van der Waals surface area contributed by atoms with E-state index in [0.717, 1.165) is 36.3 Å². The Kier molecular flexibility index (Phi) is 4.02. The summed E-state index contributed by atoms with van der Waals surface area (Å²) < 4.78 is 15.0. The molecule has 1 aliphatic rings. The first-order valence-electron chi connectivity index (χ1n) is 8.56. The monoisotopic (exact) mass is 367 g/mol. The van der Waals surface area contributed by atoms with Crippen LogP contribution >= 0.6 is 0 Å². The summed E-state index contributed by atoms with van der Waals surface area (Å²) in [6, 6.07) is 3.18. The standard InChI is InChI=1S/C19H18FN5O2/c1-9-12(7-23-14-3-2-4-22-18(9)14)11-5-10-6-15(25-19(26)27)24-8-13(10)17(21)16(11)20/h5-8,22H,2-4,21H2,1H3,(H,24,25)(H,26,27). The van der Waals surface area contributed by atoms with Crippen molar-refractivity contribution in [1.29, 1.82) is 0 Å². The second kappa shape index (κ2) is 6.39. The molecule has 27 heavy (non-hydrogen) atoms. The maximum atomic E-state index is 15.0. The normalized spacial score (nSPS) is 13.1. The molecule has 0 saturated heterocycles. The Morgan fingerprint density at radius 1 is 1.30 bits per heavy atom. The number of aryl methyl sites for hydroxylation is 1. The highest BCUT2D eigenvalue weighted by molar-refractivity contribution is 5.99. The molecule has 1 amide bonds. The summed E-state index contributed by atoms with van der Waals surface area (Å²) in [6.45, 7) is 2.79. The maximum absolute atomic E-state index is 15.0. The molecule has 3 heterocycles. The first kappa shape index (κ1) is 17.0. The summed E-state index contributed by atoms with van der Waals surface area (Å²) in [7, 11) is 0. The predicted octanol–water partition coefficient (Wildman–Crippen LogP) is 3.77. The summed E-state index contributed by atoms with van der Waals surface area (Å²) in [6.07, 6.45) is 3.72. The number of carboxylic acid groups (broad SMARTS) is 1. The summed E-state index contributed by atoms with van der Waals surface area (Å²) in [5.74, 6) is -0.391. The van der Waals surface area contributed by atoms with Crippen molar-refractivity contribution < 1.29 is 14.3 Å². The van der Waals surface area contributed by atoms with Crippen LogP contribution in [0.2, 0.25) is 0 Å². The van der Waals surface area contributed by atoms with Gasteiger partial charge in [0, 0.05) is 35.5 Å². The van der Waals surface area contributed by atoms with Gasteiger partial charge in [-0.3, -0.25) is 10.3 Å². The summed E-state index contributed by atoms with van der Waals surface area (Å²) in [5, 5.41) is 15.4. The second-order valence-electron chi connectivity index (χ2n) is 6.52. The number of halogens is 1. The molecule has 7 nitrogen and oxygen atoms in total. The molecule has 0 fully saturated rings. The number of nitrogen functional groups attached to an aromatic ring is 1. The van der Waals surface area contributed by atoms with E-state index in [4.69, 9.17) is 10.8 Å². The zero-order valence-electron chi connectivity index (χ0n) is 14.6. The van der Waals surface area contributed by atoms with Gasteiger partial charge in [-0.05, 0) is 42.8 Å². The highest BCUT2D eigenvalue weighted by Crippen LogP contribution is 2.38. The van der Waals surface area contributed by atoms with Crippen molar-refractivity contribution in [3.05, 3.63) is 41.6 Å². The molecule has 5 N–H and O–H groups in total. The third-order valence-electron chi connectivity index (χ3n) is 4.83. The fourth-order valence-electron chi connectivity index (χ4n) is 3.49. The van der Waals surface area contributed by atoms with Gasteiger partial charge < -0.3 is 16.2 Å². The summed E-state index contributed by atoms with van der Waals surface area (Å²) >= 11 is 0. The van der Waals surface area contributed by atoms with Crippen molar-refractivity contribution in [3.63, 3.8) is 0 Å². The van der Waals surface area contributed by atoms with Crippen molar-refractivity contribution in [2.75, 3.05) is 22.9 Å². The van der Waals surface area contributed by atoms with Crippen molar-refractivity contribution >= 4 is 34.1 Å². The number of aromatic nitrogens is 2. The average molecular weight is 367 g/mol. The number of rotatable bonds is 2. The molecule has 1 aliphatic heterocycles. The minimum absolute atomic E-state index is 0.0260. The molecule has 0 radical (unpaired) electrons. The number of amides is 1. The van der Waals surface area contributed by atoms with Crippen LogP contribution in [-0.4, -0.2) is 27.7 Å². The number of nitrogens with zero attached hydrogens (tertiary/aromatic N) is 2. The molecule has 0 aliphatic carbocycles. The van der Waals surface area contributed by atoms with Gasteiger partial charge in [0.1, 0.15) is 5.82 Å². The van der Waals surface area contributed by atoms with E-state index < -0.39 is 11.9 Å². The highest BCUT2D eigenvalue weighted by Gasteiger charge is 2.20. The average Bonchev–Trinajstić information content (AvgIpc) is 2.65. The van der Waals surface area contributed by atoms with E-state index in [1.807, 2.05) is 6.92 Å². The first-order chi connectivity index (χ1) is 13.0. The van der Waals surface area contributed by atoms with Crippen LogP contribution in [0.15, 0.2) is 24.5 Å². The highest BCUT2D eigenvalue weighted by atomic mass is 19.1. The SMILES string of the molecule is Cc1c(-c2cc3cc(NC(=O)O)ncc3c(N)c2F)cnc2c1NCCC2. The van der Waals surface area contributed by atoms with Gasteiger partial charge in [0.2, 0.25) is 0 Å². The van der Waals surface area contributed by atoms with Crippen LogP contribution < -0.4 is 16.4 Å². The van der Waals surface area contributed by atoms with E-state index >= 15 is 4.39 Å². The van der Waals surface area contributed by atoms with E-state index in [1.54, 1.807) is 12.3 Å². The van der Waals surface area contributed by atoms with Crippen LogP contribution in [0.3, 0.4) is 0 Å². The molecule has 138 valence electrons. The lowest BCUT2D eigenvalue weighted by Crippen LogP contribution is -2.15. The number of fused-ring (bicyclic) bond motifs is 2. The van der Waals surface area contributed by atoms with Gasteiger partial charge in [0.05, 0.1) is 17.1 Å². The van der Waals surface area contributed by atoms with E-state index in [2.05, 4.69) is 20.6 Å². The Bertz CT molecular complexity index is 1080. The molecular weight excluding hydrogens is 349 g/mol. The molecular formula is C19H18FN5O2. The number of hydrogen-bond donors (Lipinski definition) is 4. The van der Waals surface area contributed by atoms with E-state index in [-0.39, 0.29) is 11.5 Å². The predicted molar refractivity (Wildman–Crippen MR) is 103 cm³/mol. The number of carbonyl (C=O) groups is 1. The molecule has 0 saturated carbocycles. The van der Waals surface area contributed by atoms with Crippen molar-refractivity contribution in [1.82, 2.24) is 9.97 Å². The van der Waals surface area contributed by atoms with E-state index in [1.165, 1.54) is 12.3 Å². The third kappa shape index (κ3) is 2.88. The number of benzene rings is 1. The van der Waals surface area contributed by atoms with Crippen molar-refractivity contribution in [2.24, 2.45) is 0 Å². The van der Waals surface area contributed by atoms with Gasteiger partial charge >= 0.3 is 6.09 Å². The van der Waals surface area contributed by atoms with Gasteiger partial charge in [-0.2, -0.15) is 0 Å². The number of anilines is 3. The first-order valence-corrected chi connectivity index (χ1v) is 8.56. The van der Waals surface area contributed by atoms with Crippen LogP contribution in [-0.2, 0) is 6.42 Å². The van der Waals surface area contributed by atoms with Gasteiger partial charge in [0.15, 0.2) is 5.82 Å². The molecule has 0 unspecified atom stereocenters. The molecule has 3 aromatic rings. The van der Waals surface area contributed by atoms with Gasteiger partial charge in [-0.25, -0.2) is 14.2 Å². The van der Waals surface area contributed by atoms with Crippen LogP contribution in [0.4, 0.5) is 26.4 Å². The van der Waals surface area contributed by atoms with Crippen molar-refractivity contribution in [3.8, 4) is 11.1 Å². The van der Waals surface area contributed by atoms with Crippen LogP contribution in [0.1, 0.15) is 17.7 Å². The Labute approximate surface area is 154 Å². The van der Waals surface area contributed by atoms with E-state index in [0.29, 0.717) is 21.9 Å². The lowest BCUT2D eigenvalue weighted by molar-refractivity contribution is 0.209. The molecule has 4 rings (SSSR count). The summed E-state index contributed by atoms with van der Waals surface area (Å²) in [5.41, 5.74) is 9.80. The number of nitrogens with one attached hydrogen (secondary N) is 2. The molecule has 8 heteroatoms. The Morgan fingerprint density at radius 3 is 2.89 bits per heavy atom. The van der Waals surface area contributed by atoms with Crippen LogP contribution in [0.5, 0.6) is 0 Å². The summed E-state index contributed by atoms with van der Waals surface area (Å²) in [4.78, 5) is 19.3. The molecule has 0 spiro atoms. The number of pyridine rings is 2. The minimum Gasteiger partial charge on any atom is -0.465 e. The fourth-order valence-corrected chi connectivity index (χ4v) is 3.49. The Hall–Kier alpha value is -3.42. The van der Waals surface area contributed by atoms with Gasteiger partial charge in [-0.1, -0.05) is 0 Å². The third-order valence-corrected chi connectivity index (χ3v) is 4.83. The topological polar surface area (TPSA) is 113 Å². The van der Waals surface area contributed by atoms with Crippen LogP contribution in [0.25, 0.3) is 21.9 Å². The van der Waals surface area contributed by atoms with E-state index in [9.17, 15) is 4.79 Å². The molecule has 2 aromatic heterocycles. The lowest BCUT2D eigenvalue weighted by atomic mass is 9.95. The van der Waals surface area contributed by atoms with Gasteiger partial charge in [-0.15, -0.1) is 0 Å². The second-order valence-corrected chi connectivity index (χ2v) is 6.52. The fraction of sp³-hybridized carbons (Fsp3) is 0.211. The van der Waals surface area contributed by atoms with Gasteiger partial charge in [0.25, 0.3) is 0 Å². The van der Waals surface area contributed by atoms with Crippen LogP contribution in [0, 0.1) is 12.7 Å². The quantitative estimate of drug-likeness (QED) is 0.513. The zero-order chi connectivity index (χ0) is 19.1. The molecule has 0 atom stereocenters. The maximum Gasteiger partial charge on any atom is 0.410 e. The number of hydrogen-bond acceptors (Lipinski definition) is 5. The molecule has 0 bridgehead atoms. The molecule has 1 aromatic carbocycles. The van der Waals surface area contributed by atoms with Crippen molar-refractivity contribution in [2.45, 2.75) is 19.8 Å². The zero-order valence-corrected chi connectivity index (χ0v) is 14.6. The Balaban J connectivity index is 1.91. The largest absolute Gasteiger partial charge is 0.465 e. The minimum atomic E-state index is -1.22. The smallest absolute Gasteiger partial charge is 0.410 e. The lowest BCUT2D eigenvalue weighted by Gasteiger charge is -2.21.